The van der Waals surface area contributed by atoms with Gasteiger partial charge >= 0.3 is 0 Å². The maximum atomic E-state index is 15.9. The molecule has 45 heavy (non-hydrogen) atoms. The Morgan fingerprint density at radius 1 is 0.600 bits per heavy atom. The van der Waals surface area contributed by atoms with Crippen molar-refractivity contribution in [2.75, 3.05) is 13.1 Å². The fraction of sp³-hybridized carbons (Fsp3) is 0.303. The van der Waals surface area contributed by atoms with E-state index in [2.05, 4.69) is 0 Å². The molecule has 0 saturated carbocycles. The summed E-state index contributed by atoms with van der Waals surface area (Å²) >= 11 is 0. The van der Waals surface area contributed by atoms with Crippen LogP contribution in [0.15, 0.2) is 54.0 Å². The van der Waals surface area contributed by atoms with Gasteiger partial charge in [0, 0.05) is 18.4 Å². The van der Waals surface area contributed by atoms with Gasteiger partial charge in [0.2, 0.25) is 0 Å². The summed E-state index contributed by atoms with van der Waals surface area (Å²) in [4.78, 5) is 0. The predicted octanol–water partition coefficient (Wildman–Crippen LogP) is 7.92. The molecule has 0 aromatic heterocycles. The number of hydrogen-bond donors (Lipinski definition) is 0. The lowest BCUT2D eigenvalue weighted by Crippen LogP contribution is -2.64. The molecular formula is C33H28BF10N. The summed E-state index contributed by atoms with van der Waals surface area (Å²) in [5.41, 5.74) is -2.27. The van der Waals surface area contributed by atoms with Gasteiger partial charge in [0.25, 0.3) is 0 Å². The third-order valence-corrected chi connectivity index (χ3v) is 8.84. The second kappa shape index (κ2) is 13.3. The highest BCUT2D eigenvalue weighted by Crippen LogP contribution is 2.30. The van der Waals surface area contributed by atoms with Crippen LogP contribution in [0.4, 0.5) is 43.9 Å². The van der Waals surface area contributed by atoms with Crippen LogP contribution >= 0.6 is 0 Å². The van der Waals surface area contributed by atoms with Crippen molar-refractivity contribution in [1.29, 1.82) is 0 Å². The lowest BCUT2D eigenvalue weighted by atomic mass is 9.16. The molecule has 1 aliphatic carbocycles. The van der Waals surface area contributed by atoms with Gasteiger partial charge in [-0.05, 0) is 44.2 Å². The molecule has 1 fully saturated rings. The SMILES string of the molecule is Fc1c(F)c(F)c([B-](C=CC2=CCCCC2)(CC(c2ccccc2)=[N+]2CCCCC2)c2c(F)c(F)c(F)c(F)c2F)c(F)c1F. The molecule has 1 aliphatic heterocycles. The lowest BCUT2D eigenvalue weighted by Gasteiger charge is -2.40. The third kappa shape index (κ3) is 5.95. The van der Waals surface area contributed by atoms with E-state index in [9.17, 15) is 26.3 Å². The van der Waals surface area contributed by atoms with Gasteiger partial charge in [-0.3, -0.25) is 0 Å². The predicted molar refractivity (Wildman–Crippen MR) is 152 cm³/mol. The molecule has 0 N–H and O–H groups in total. The van der Waals surface area contributed by atoms with Crippen molar-refractivity contribution in [3.8, 4) is 0 Å². The summed E-state index contributed by atoms with van der Waals surface area (Å²) < 4.78 is 154. The van der Waals surface area contributed by atoms with Gasteiger partial charge < -0.3 is 0 Å². The number of hydrogen-bond acceptors (Lipinski definition) is 0. The van der Waals surface area contributed by atoms with Gasteiger partial charge in [0.05, 0.1) is 0 Å². The molecule has 238 valence electrons. The second-order valence-corrected chi connectivity index (χ2v) is 11.5. The summed E-state index contributed by atoms with van der Waals surface area (Å²) in [6.07, 6.45) is 2.49. The van der Waals surface area contributed by atoms with Crippen LogP contribution in [0.3, 0.4) is 0 Å². The van der Waals surface area contributed by atoms with Crippen molar-refractivity contribution in [2.45, 2.75) is 51.3 Å². The zero-order valence-corrected chi connectivity index (χ0v) is 24.0. The Morgan fingerprint density at radius 3 is 1.56 bits per heavy atom. The Balaban J connectivity index is 1.98. The first-order valence-corrected chi connectivity index (χ1v) is 14.8. The van der Waals surface area contributed by atoms with Gasteiger partial charge in [-0.1, -0.05) is 36.2 Å². The number of benzene rings is 3. The van der Waals surface area contributed by atoms with Crippen molar-refractivity contribution in [3.05, 3.63) is 118 Å². The van der Waals surface area contributed by atoms with E-state index in [0.29, 0.717) is 56.3 Å². The molecule has 1 saturated heterocycles. The number of rotatable bonds is 7. The van der Waals surface area contributed by atoms with Crippen LogP contribution in [0, 0.1) is 58.2 Å². The average molecular weight is 639 g/mol. The van der Waals surface area contributed by atoms with Crippen LogP contribution in [-0.4, -0.2) is 29.5 Å². The maximum Gasteiger partial charge on any atom is 0.200 e. The van der Waals surface area contributed by atoms with Crippen LogP contribution in [0.5, 0.6) is 0 Å². The first kappa shape index (κ1) is 32.6. The molecule has 3 aromatic carbocycles. The Hall–Kier alpha value is -3.83. The number of allylic oxidation sites excluding steroid dienone is 3. The Bertz CT molecular complexity index is 1580. The molecule has 3 aromatic rings. The molecular weight excluding hydrogens is 611 g/mol. The van der Waals surface area contributed by atoms with Crippen molar-refractivity contribution < 1.29 is 48.5 Å². The van der Waals surface area contributed by atoms with Crippen molar-refractivity contribution in [3.63, 3.8) is 0 Å². The molecule has 5 rings (SSSR count). The fourth-order valence-electron chi connectivity index (χ4n) is 6.59. The van der Waals surface area contributed by atoms with Crippen molar-refractivity contribution >= 4 is 22.8 Å². The van der Waals surface area contributed by atoms with Crippen LogP contribution in [-0.2, 0) is 0 Å². The Labute approximate surface area is 253 Å². The zero-order valence-electron chi connectivity index (χ0n) is 24.0. The van der Waals surface area contributed by atoms with E-state index < -0.39 is 81.6 Å². The largest absolute Gasteiger partial charge is 0.236 e. The number of halogens is 10. The minimum absolute atomic E-state index is 0.186. The molecule has 0 atom stereocenters. The van der Waals surface area contributed by atoms with Gasteiger partial charge in [0.15, 0.2) is 34.9 Å². The van der Waals surface area contributed by atoms with Gasteiger partial charge in [0.1, 0.15) is 48.2 Å². The first-order chi connectivity index (χ1) is 21.5. The minimum Gasteiger partial charge on any atom is -0.236 e. The summed E-state index contributed by atoms with van der Waals surface area (Å²) in [5, 5.41) is 0. The Kier molecular flexibility index (Phi) is 9.60. The summed E-state index contributed by atoms with van der Waals surface area (Å²) in [6, 6.07) is 8.02. The molecule has 0 bridgehead atoms. The van der Waals surface area contributed by atoms with Crippen molar-refractivity contribution in [2.24, 2.45) is 0 Å². The Morgan fingerprint density at radius 2 is 1.09 bits per heavy atom. The minimum atomic E-state index is -4.15. The van der Waals surface area contributed by atoms with Gasteiger partial charge in [-0.2, -0.15) is 0 Å². The molecule has 1 heterocycles. The van der Waals surface area contributed by atoms with E-state index in [1.807, 2.05) is 0 Å². The number of nitrogens with zero attached hydrogens (tertiary/aromatic N) is 1. The molecule has 12 heteroatoms. The van der Waals surface area contributed by atoms with E-state index in [-0.39, 0.29) is 5.71 Å². The zero-order chi connectivity index (χ0) is 32.5. The molecule has 1 nitrogen and oxygen atoms in total. The maximum absolute atomic E-state index is 15.9. The molecule has 2 aliphatic rings. The van der Waals surface area contributed by atoms with Gasteiger partial charge in [-0.25, -0.2) is 54.5 Å². The summed E-state index contributed by atoms with van der Waals surface area (Å²) in [5.74, 6) is -23.5. The highest BCUT2D eigenvalue weighted by Gasteiger charge is 2.44. The molecule has 0 radical (unpaired) electrons. The number of piperidine rings is 1. The molecule has 0 unspecified atom stereocenters. The third-order valence-electron chi connectivity index (χ3n) is 8.84. The molecule has 0 amide bonds. The monoisotopic (exact) mass is 639 g/mol. The van der Waals surface area contributed by atoms with E-state index in [4.69, 9.17) is 0 Å². The first-order valence-electron chi connectivity index (χ1n) is 14.8. The summed E-state index contributed by atoms with van der Waals surface area (Å²) in [6.45, 7) is 0.721. The summed E-state index contributed by atoms with van der Waals surface area (Å²) in [7, 11) is 0. The van der Waals surface area contributed by atoms with E-state index in [0.717, 1.165) is 18.8 Å². The van der Waals surface area contributed by atoms with Crippen LogP contribution in [0.1, 0.15) is 50.5 Å². The van der Waals surface area contributed by atoms with E-state index in [1.54, 1.807) is 41.0 Å². The van der Waals surface area contributed by atoms with Crippen LogP contribution in [0.25, 0.3) is 0 Å². The fourth-order valence-corrected chi connectivity index (χ4v) is 6.59. The highest BCUT2D eigenvalue weighted by atomic mass is 19.2. The van der Waals surface area contributed by atoms with Crippen LogP contribution < -0.4 is 10.9 Å². The van der Waals surface area contributed by atoms with Crippen LogP contribution in [0.2, 0.25) is 6.32 Å². The highest BCUT2D eigenvalue weighted by molar-refractivity contribution is 7.07. The molecule has 0 spiro atoms. The van der Waals surface area contributed by atoms with E-state index >= 15 is 17.6 Å². The topological polar surface area (TPSA) is 3.01 Å². The van der Waals surface area contributed by atoms with E-state index in [1.165, 1.54) is 6.08 Å². The average Bonchev–Trinajstić information content (AvgIpc) is 3.07. The standard InChI is InChI=1S/C33H28BF10N/c35-24-22(25(36)29(40)32(43)28(24)39)34(15-14-19-10-4-1-5-11-19,23-26(37)30(41)33(44)31(42)27(23)38)18-21(20-12-6-2-7-13-20)45-16-8-3-9-17-45/h2,6-7,10,12-15H,1,3-5,8-9,11,16-18H2. The normalized spacial score (nSPS) is 16.0. The lowest BCUT2D eigenvalue weighted by molar-refractivity contribution is -0.537. The smallest absolute Gasteiger partial charge is 0.200 e. The van der Waals surface area contributed by atoms with Gasteiger partial charge in [-0.15, -0.1) is 17.0 Å². The van der Waals surface area contributed by atoms with Crippen molar-refractivity contribution in [1.82, 2.24) is 0 Å². The second-order valence-electron chi connectivity index (χ2n) is 11.5. The quantitative estimate of drug-likeness (QED) is 0.0813.